The highest BCUT2D eigenvalue weighted by atomic mass is 28.3. The third-order valence-electron chi connectivity index (χ3n) is 3.54. The second-order valence-corrected chi connectivity index (χ2v) is 9.70. The van der Waals surface area contributed by atoms with E-state index >= 15 is 0 Å². The first kappa shape index (κ1) is 19.0. The van der Waals surface area contributed by atoms with Crippen LogP contribution < -0.4 is 0 Å². The highest BCUT2D eigenvalue weighted by Crippen LogP contribution is 2.24. The molecule has 116 valence electrons. The Morgan fingerprint density at radius 3 is 0.947 bits per heavy atom. The molecule has 0 aliphatic rings. The van der Waals surface area contributed by atoms with Crippen LogP contribution in [0.1, 0.15) is 0 Å². The van der Waals surface area contributed by atoms with E-state index < -0.39 is 9.28 Å². The standard InChI is InChI=1S/C12H34N6Si/c1-13(2)12(14(3)4,15(5)6)18(11)19(16(7)8)17(9)10/h19H,1-11H3. The van der Waals surface area contributed by atoms with E-state index in [0.717, 1.165) is 0 Å². The summed E-state index contributed by atoms with van der Waals surface area (Å²) in [6.07, 6.45) is 0. The van der Waals surface area contributed by atoms with Crippen molar-refractivity contribution in [3.05, 3.63) is 0 Å². The number of nitrogens with zero attached hydrogens (tertiary/aromatic N) is 6. The summed E-state index contributed by atoms with van der Waals surface area (Å²) in [4.78, 5) is 6.79. The Balaban J connectivity index is 5.72. The molecule has 0 aromatic carbocycles. The zero-order chi connectivity index (χ0) is 15.5. The molecular weight excluding hydrogens is 256 g/mol. The van der Waals surface area contributed by atoms with Crippen molar-refractivity contribution < 1.29 is 0 Å². The third kappa shape index (κ3) is 3.55. The van der Waals surface area contributed by atoms with Gasteiger partial charge in [0.2, 0.25) is 0 Å². The van der Waals surface area contributed by atoms with Gasteiger partial charge in [-0.1, -0.05) is 0 Å². The summed E-state index contributed by atoms with van der Waals surface area (Å²) >= 11 is 0. The summed E-state index contributed by atoms with van der Waals surface area (Å²) in [6.45, 7) is 0. The fraction of sp³-hybridized carbons (Fsp3) is 1.00. The van der Waals surface area contributed by atoms with Crippen molar-refractivity contribution in [2.24, 2.45) is 0 Å². The van der Waals surface area contributed by atoms with E-state index in [1.165, 1.54) is 0 Å². The highest BCUT2D eigenvalue weighted by molar-refractivity contribution is 6.49. The van der Waals surface area contributed by atoms with Crippen LogP contribution in [0.15, 0.2) is 0 Å². The normalized spacial score (nSPS) is 14.2. The second kappa shape index (κ2) is 7.12. The topological polar surface area (TPSA) is 19.4 Å². The Bertz CT molecular complexity index is 237. The minimum Gasteiger partial charge on any atom is -0.307 e. The predicted octanol–water partition coefficient (Wildman–Crippen LogP) is -0.945. The molecule has 0 N–H and O–H groups in total. The summed E-state index contributed by atoms with van der Waals surface area (Å²) in [5.74, 6) is -0.245. The molecule has 0 heterocycles. The van der Waals surface area contributed by atoms with Crippen LogP contribution in [0.2, 0.25) is 0 Å². The molecule has 0 bridgehead atoms. The van der Waals surface area contributed by atoms with Crippen LogP contribution in [0.25, 0.3) is 0 Å². The van der Waals surface area contributed by atoms with Gasteiger partial charge in [0.15, 0.2) is 5.91 Å². The zero-order valence-electron chi connectivity index (χ0n) is 14.8. The van der Waals surface area contributed by atoms with Gasteiger partial charge in [-0.2, -0.15) is 0 Å². The molecule has 0 spiro atoms. The van der Waals surface area contributed by atoms with Crippen LogP contribution in [0, 0.1) is 0 Å². The van der Waals surface area contributed by atoms with Gasteiger partial charge in [-0.25, -0.2) is 0 Å². The Hall–Kier alpha value is -0.0231. The third-order valence-corrected chi connectivity index (χ3v) is 6.43. The lowest BCUT2D eigenvalue weighted by Crippen LogP contribution is -2.78. The van der Waals surface area contributed by atoms with Gasteiger partial charge in [-0.15, -0.1) is 0 Å². The Morgan fingerprint density at radius 2 is 0.789 bits per heavy atom. The van der Waals surface area contributed by atoms with Crippen LogP contribution in [0.4, 0.5) is 0 Å². The second-order valence-electron chi connectivity index (χ2n) is 6.17. The minimum atomic E-state index is -1.39. The molecule has 0 saturated heterocycles. The quantitative estimate of drug-likeness (QED) is 0.442. The van der Waals surface area contributed by atoms with Gasteiger partial charge >= 0.3 is 0 Å². The van der Waals surface area contributed by atoms with Crippen LogP contribution in [0.5, 0.6) is 0 Å². The molecular formula is C12H34N6Si. The lowest BCUT2D eigenvalue weighted by Gasteiger charge is -2.57. The maximum Gasteiger partial charge on any atom is 0.275 e. The van der Waals surface area contributed by atoms with Crippen molar-refractivity contribution in [2.45, 2.75) is 5.91 Å². The lowest BCUT2D eigenvalue weighted by atomic mass is 10.4. The van der Waals surface area contributed by atoms with Crippen molar-refractivity contribution in [3.63, 3.8) is 0 Å². The van der Waals surface area contributed by atoms with E-state index in [1.54, 1.807) is 0 Å². The van der Waals surface area contributed by atoms with E-state index in [9.17, 15) is 0 Å². The van der Waals surface area contributed by atoms with Gasteiger partial charge in [-0.05, 0) is 77.5 Å². The first-order valence-electron chi connectivity index (χ1n) is 6.59. The molecule has 6 nitrogen and oxygen atoms in total. The molecule has 7 heteroatoms. The lowest BCUT2D eigenvalue weighted by molar-refractivity contribution is -0.184. The Labute approximate surface area is 122 Å². The average molecular weight is 291 g/mol. The van der Waals surface area contributed by atoms with Gasteiger partial charge in [0, 0.05) is 0 Å². The predicted molar refractivity (Wildman–Crippen MR) is 86.1 cm³/mol. The molecule has 0 amide bonds. The van der Waals surface area contributed by atoms with E-state index in [4.69, 9.17) is 0 Å². The largest absolute Gasteiger partial charge is 0.307 e. The van der Waals surface area contributed by atoms with E-state index in [1.807, 2.05) is 0 Å². The summed E-state index contributed by atoms with van der Waals surface area (Å²) in [5.41, 5.74) is 0. The smallest absolute Gasteiger partial charge is 0.275 e. The summed E-state index contributed by atoms with van der Waals surface area (Å²) in [5, 5.41) is 0. The summed E-state index contributed by atoms with van der Waals surface area (Å²) < 4.78 is 7.20. The molecule has 0 fully saturated rings. The van der Waals surface area contributed by atoms with Crippen molar-refractivity contribution >= 4 is 9.28 Å². The maximum atomic E-state index is 2.49. The SMILES string of the molecule is CN(C)[SiH](N(C)C)N(C)C(N(C)C)(N(C)C)N(C)C. The molecule has 19 heavy (non-hydrogen) atoms. The molecule has 0 unspecified atom stereocenters. The van der Waals surface area contributed by atoms with Crippen LogP contribution in [-0.4, -0.2) is 121 Å². The van der Waals surface area contributed by atoms with Crippen LogP contribution in [0.3, 0.4) is 0 Å². The minimum absolute atomic E-state index is 0.245. The van der Waals surface area contributed by atoms with Gasteiger partial charge in [-0.3, -0.25) is 19.3 Å². The fourth-order valence-corrected chi connectivity index (χ4v) is 6.77. The first-order chi connectivity index (χ1) is 8.51. The van der Waals surface area contributed by atoms with E-state index in [-0.39, 0.29) is 5.91 Å². The van der Waals surface area contributed by atoms with Crippen molar-refractivity contribution in [3.8, 4) is 0 Å². The van der Waals surface area contributed by atoms with Crippen molar-refractivity contribution in [1.29, 1.82) is 0 Å². The molecule has 0 aliphatic carbocycles. The number of hydrogen-bond donors (Lipinski definition) is 0. The Kier molecular flexibility index (Phi) is 7.11. The van der Waals surface area contributed by atoms with Gasteiger partial charge < -0.3 is 9.13 Å². The number of hydrogen-bond acceptors (Lipinski definition) is 6. The van der Waals surface area contributed by atoms with Gasteiger partial charge in [0.1, 0.15) is 0 Å². The molecule has 0 rings (SSSR count). The monoisotopic (exact) mass is 290 g/mol. The molecule has 0 radical (unpaired) electrons. The first-order valence-corrected chi connectivity index (χ1v) is 8.14. The van der Waals surface area contributed by atoms with Crippen molar-refractivity contribution in [2.75, 3.05) is 77.5 Å². The zero-order valence-corrected chi connectivity index (χ0v) is 15.9. The van der Waals surface area contributed by atoms with Crippen molar-refractivity contribution in [1.82, 2.24) is 28.4 Å². The molecule has 0 aliphatic heterocycles. The van der Waals surface area contributed by atoms with Crippen LogP contribution in [-0.2, 0) is 0 Å². The molecule has 0 aromatic rings. The van der Waals surface area contributed by atoms with E-state index in [2.05, 4.69) is 106 Å². The molecule has 0 saturated carbocycles. The fourth-order valence-electron chi connectivity index (χ4n) is 3.46. The molecule has 0 aromatic heterocycles. The molecule has 0 atom stereocenters. The van der Waals surface area contributed by atoms with E-state index in [0.29, 0.717) is 0 Å². The summed E-state index contributed by atoms with van der Waals surface area (Å²) in [7, 11) is 22.3. The van der Waals surface area contributed by atoms with Gasteiger partial charge in [0.25, 0.3) is 9.28 Å². The number of rotatable bonds is 7. The highest BCUT2D eigenvalue weighted by Gasteiger charge is 2.46. The summed E-state index contributed by atoms with van der Waals surface area (Å²) in [6, 6.07) is 0. The maximum absolute atomic E-state index is 2.49. The van der Waals surface area contributed by atoms with Crippen LogP contribution >= 0.6 is 0 Å². The Morgan fingerprint density at radius 1 is 0.526 bits per heavy atom. The van der Waals surface area contributed by atoms with Gasteiger partial charge in [0.05, 0.1) is 0 Å². The average Bonchev–Trinajstić information content (AvgIpc) is 2.13.